The first kappa shape index (κ1) is 11.4. The third-order valence-corrected chi connectivity index (χ3v) is 3.10. The molecular formula is C12H20O2. The van der Waals surface area contributed by atoms with Crippen molar-refractivity contribution in [1.29, 1.82) is 0 Å². The molecule has 0 radical (unpaired) electrons. The van der Waals surface area contributed by atoms with E-state index in [2.05, 4.69) is 19.9 Å². The molecule has 0 aromatic rings. The maximum absolute atomic E-state index is 10.9. The SMILES string of the molecule is CC(=O)CC(O)C1CC=C(C)CC1C. The van der Waals surface area contributed by atoms with Crippen molar-refractivity contribution in [2.45, 2.75) is 46.1 Å². The van der Waals surface area contributed by atoms with E-state index in [0.29, 0.717) is 12.3 Å². The Morgan fingerprint density at radius 2 is 2.36 bits per heavy atom. The van der Waals surface area contributed by atoms with Crippen molar-refractivity contribution < 1.29 is 9.90 Å². The number of aliphatic hydroxyl groups is 1. The van der Waals surface area contributed by atoms with E-state index in [1.165, 1.54) is 12.5 Å². The van der Waals surface area contributed by atoms with E-state index in [4.69, 9.17) is 0 Å². The number of carbonyl (C=O) groups is 1. The molecule has 2 heteroatoms. The van der Waals surface area contributed by atoms with E-state index in [1.54, 1.807) is 0 Å². The fraction of sp³-hybridized carbons (Fsp3) is 0.750. The minimum Gasteiger partial charge on any atom is -0.392 e. The van der Waals surface area contributed by atoms with Gasteiger partial charge >= 0.3 is 0 Å². The monoisotopic (exact) mass is 196 g/mol. The highest BCUT2D eigenvalue weighted by Crippen LogP contribution is 2.32. The van der Waals surface area contributed by atoms with Gasteiger partial charge in [-0.15, -0.1) is 0 Å². The molecule has 2 nitrogen and oxygen atoms in total. The van der Waals surface area contributed by atoms with Gasteiger partial charge in [-0.1, -0.05) is 18.6 Å². The molecule has 1 N–H and O–H groups in total. The number of ketones is 1. The lowest BCUT2D eigenvalue weighted by Gasteiger charge is -2.31. The Bertz CT molecular complexity index is 243. The number of allylic oxidation sites excluding steroid dienone is 2. The summed E-state index contributed by atoms with van der Waals surface area (Å²) < 4.78 is 0. The molecule has 0 aromatic heterocycles. The molecule has 0 fully saturated rings. The van der Waals surface area contributed by atoms with E-state index in [0.717, 1.165) is 12.8 Å². The maximum atomic E-state index is 10.9. The van der Waals surface area contributed by atoms with Crippen LogP contribution < -0.4 is 0 Å². The molecule has 1 aliphatic rings. The van der Waals surface area contributed by atoms with Crippen LogP contribution in [0, 0.1) is 11.8 Å². The van der Waals surface area contributed by atoms with Crippen molar-refractivity contribution >= 4 is 5.78 Å². The predicted molar refractivity (Wildman–Crippen MR) is 56.9 cm³/mol. The number of carbonyl (C=O) groups excluding carboxylic acids is 1. The fourth-order valence-corrected chi connectivity index (χ4v) is 2.29. The van der Waals surface area contributed by atoms with Gasteiger partial charge in [0.15, 0.2) is 0 Å². The molecule has 14 heavy (non-hydrogen) atoms. The van der Waals surface area contributed by atoms with Crippen LogP contribution in [0.3, 0.4) is 0 Å². The van der Waals surface area contributed by atoms with Crippen LogP contribution >= 0.6 is 0 Å². The number of aliphatic hydroxyl groups excluding tert-OH is 1. The van der Waals surface area contributed by atoms with Crippen LogP contribution in [0.2, 0.25) is 0 Å². The van der Waals surface area contributed by atoms with Crippen LogP contribution in [-0.2, 0) is 4.79 Å². The molecule has 0 aromatic carbocycles. The molecular weight excluding hydrogens is 176 g/mol. The molecule has 0 amide bonds. The highest BCUT2D eigenvalue weighted by molar-refractivity contribution is 5.75. The zero-order valence-electron chi connectivity index (χ0n) is 9.29. The zero-order chi connectivity index (χ0) is 10.7. The van der Waals surface area contributed by atoms with Crippen molar-refractivity contribution in [2.24, 2.45) is 11.8 Å². The van der Waals surface area contributed by atoms with Gasteiger partial charge in [0.2, 0.25) is 0 Å². The largest absolute Gasteiger partial charge is 0.392 e. The number of hydrogen-bond acceptors (Lipinski definition) is 2. The molecule has 1 rings (SSSR count). The Morgan fingerprint density at radius 1 is 1.71 bits per heavy atom. The first-order valence-electron chi connectivity index (χ1n) is 5.34. The summed E-state index contributed by atoms with van der Waals surface area (Å²) in [6, 6.07) is 0. The summed E-state index contributed by atoms with van der Waals surface area (Å²) in [7, 11) is 0. The van der Waals surface area contributed by atoms with Crippen molar-refractivity contribution in [3.8, 4) is 0 Å². The Hall–Kier alpha value is -0.630. The van der Waals surface area contributed by atoms with Crippen LogP contribution in [0.1, 0.15) is 40.0 Å². The summed E-state index contributed by atoms with van der Waals surface area (Å²) in [5.41, 5.74) is 1.41. The van der Waals surface area contributed by atoms with Gasteiger partial charge in [0, 0.05) is 6.42 Å². The van der Waals surface area contributed by atoms with E-state index in [9.17, 15) is 9.90 Å². The van der Waals surface area contributed by atoms with Crippen molar-refractivity contribution in [1.82, 2.24) is 0 Å². The molecule has 0 saturated carbocycles. The smallest absolute Gasteiger partial charge is 0.132 e. The average molecular weight is 196 g/mol. The molecule has 0 spiro atoms. The highest BCUT2D eigenvalue weighted by atomic mass is 16.3. The summed E-state index contributed by atoms with van der Waals surface area (Å²) in [6.45, 7) is 5.83. The molecule has 80 valence electrons. The summed E-state index contributed by atoms with van der Waals surface area (Å²) in [5, 5.41) is 9.85. The van der Waals surface area contributed by atoms with Crippen molar-refractivity contribution in [2.75, 3.05) is 0 Å². The summed E-state index contributed by atoms with van der Waals surface area (Å²) >= 11 is 0. The predicted octanol–water partition coefficient (Wildman–Crippen LogP) is 2.32. The van der Waals surface area contributed by atoms with Crippen LogP contribution in [0.15, 0.2) is 11.6 Å². The topological polar surface area (TPSA) is 37.3 Å². The van der Waals surface area contributed by atoms with Crippen molar-refractivity contribution in [3.05, 3.63) is 11.6 Å². The minimum atomic E-state index is -0.452. The average Bonchev–Trinajstić information content (AvgIpc) is 2.01. The van der Waals surface area contributed by atoms with Gasteiger partial charge in [0.25, 0.3) is 0 Å². The molecule has 1 aliphatic carbocycles. The fourth-order valence-electron chi connectivity index (χ4n) is 2.29. The van der Waals surface area contributed by atoms with Crippen LogP contribution in [0.5, 0.6) is 0 Å². The molecule has 0 heterocycles. The highest BCUT2D eigenvalue weighted by Gasteiger charge is 2.27. The second-order valence-corrected chi connectivity index (χ2v) is 4.60. The van der Waals surface area contributed by atoms with E-state index >= 15 is 0 Å². The Kier molecular flexibility index (Phi) is 3.87. The van der Waals surface area contributed by atoms with E-state index in [-0.39, 0.29) is 11.7 Å². The summed E-state index contributed by atoms with van der Waals surface area (Å²) in [5.74, 6) is 0.841. The van der Waals surface area contributed by atoms with Gasteiger partial charge in [-0.25, -0.2) is 0 Å². The first-order chi connectivity index (χ1) is 6.50. The third-order valence-electron chi connectivity index (χ3n) is 3.10. The van der Waals surface area contributed by atoms with Crippen LogP contribution in [0.4, 0.5) is 0 Å². The van der Waals surface area contributed by atoms with Crippen LogP contribution in [0.25, 0.3) is 0 Å². The maximum Gasteiger partial charge on any atom is 0.132 e. The van der Waals surface area contributed by atoms with Crippen LogP contribution in [-0.4, -0.2) is 17.0 Å². The van der Waals surface area contributed by atoms with E-state index in [1.807, 2.05) is 0 Å². The lowest BCUT2D eigenvalue weighted by molar-refractivity contribution is -0.119. The molecule has 3 unspecified atom stereocenters. The second kappa shape index (κ2) is 4.74. The second-order valence-electron chi connectivity index (χ2n) is 4.60. The molecule has 0 bridgehead atoms. The number of Topliss-reactive ketones (excluding diaryl/α,β-unsaturated/α-hetero) is 1. The normalized spacial score (nSPS) is 29.6. The van der Waals surface area contributed by atoms with Gasteiger partial charge in [0.05, 0.1) is 6.10 Å². The van der Waals surface area contributed by atoms with Gasteiger partial charge in [-0.05, 0) is 38.5 Å². The molecule has 3 atom stereocenters. The van der Waals surface area contributed by atoms with Gasteiger partial charge in [0.1, 0.15) is 5.78 Å². The first-order valence-corrected chi connectivity index (χ1v) is 5.34. The number of rotatable bonds is 3. The minimum absolute atomic E-state index is 0.0796. The standard InChI is InChI=1S/C12H20O2/c1-8-4-5-11(9(2)6-8)12(14)7-10(3)13/h4,9,11-12,14H,5-7H2,1-3H3. The number of hydrogen-bond donors (Lipinski definition) is 1. The zero-order valence-corrected chi connectivity index (χ0v) is 9.29. The van der Waals surface area contributed by atoms with Gasteiger partial charge in [-0.2, -0.15) is 0 Å². The summed E-state index contributed by atoms with van der Waals surface area (Å²) in [4.78, 5) is 10.9. The van der Waals surface area contributed by atoms with Crippen molar-refractivity contribution in [3.63, 3.8) is 0 Å². The lowest BCUT2D eigenvalue weighted by Crippen LogP contribution is -2.30. The Labute approximate surface area is 86.0 Å². The Morgan fingerprint density at radius 3 is 2.86 bits per heavy atom. The molecule has 0 saturated heterocycles. The van der Waals surface area contributed by atoms with E-state index < -0.39 is 6.10 Å². The van der Waals surface area contributed by atoms with Gasteiger partial charge < -0.3 is 5.11 Å². The summed E-state index contributed by atoms with van der Waals surface area (Å²) in [6.07, 6.45) is 4.02. The quantitative estimate of drug-likeness (QED) is 0.703. The molecule has 0 aliphatic heterocycles. The third kappa shape index (κ3) is 2.95. The lowest BCUT2D eigenvalue weighted by atomic mass is 9.77. The van der Waals surface area contributed by atoms with Gasteiger partial charge in [-0.3, -0.25) is 4.79 Å². The Balaban J connectivity index is 2.56.